The molecule has 0 bridgehead atoms. The van der Waals surface area contributed by atoms with E-state index < -0.39 is 0 Å². The van der Waals surface area contributed by atoms with Crippen LogP contribution in [-0.4, -0.2) is 6.04 Å². The van der Waals surface area contributed by atoms with Crippen molar-refractivity contribution in [3.05, 3.63) is 4.91 Å². The molecule has 4 unspecified atom stereocenters. The van der Waals surface area contributed by atoms with Gasteiger partial charge in [-0.05, 0) is 36.5 Å². The molecular weight excluding hydrogens is 162 g/mol. The first-order valence-corrected chi connectivity index (χ1v) is 5.56. The van der Waals surface area contributed by atoms with Gasteiger partial charge in [0.1, 0.15) is 0 Å². The van der Waals surface area contributed by atoms with Crippen LogP contribution in [0.2, 0.25) is 0 Å². The summed E-state index contributed by atoms with van der Waals surface area (Å²) in [6.07, 6.45) is 5.15. The summed E-state index contributed by atoms with van der Waals surface area (Å²) in [4.78, 5) is 10.7. The Balaban J connectivity index is 2.14. The number of nitrogens with zero attached hydrogens (tertiary/aromatic N) is 1. The van der Waals surface area contributed by atoms with E-state index in [1.54, 1.807) is 0 Å². The Kier molecular flexibility index (Phi) is 2.39. The van der Waals surface area contributed by atoms with Crippen LogP contribution >= 0.6 is 0 Å². The molecule has 2 heteroatoms. The van der Waals surface area contributed by atoms with Crippen molar-refractivity contribution in [2.24, 2.45) is 28.8 Å². The summed E-state index contributed by atoms with van der Waals surface area (Å²) >= 11 is 0. The first-order valence-electron chi connectivity index (χ1n) is 5.56. The van der Waals surface area contributed by atoms with Crippen molar-refractivity contribution in [1.82, 2.24) is 0 Å². The lowest BCUT2D eigenvalue weighted by Crippen LogP contribution is -2.27. The second-order valence-electron chi connectivity index (χ2n) is 5.04. The van der Waals surface area contributed by atoms with Gasteiger partial charge >= 0.3 is 0 Å². The minimum atomic E-state index is 0.132. The third-order valence-electron chi connectivity index (χ3n) is 4.27. The molecule has 0 aromatic carbocycles. The SMILES string of the molecule is CC1CC2C(CCC[C@@H]2C)C1N=O. The van der Waals surface area contributed by atoms with E-state index in [1.165, 1.54) is 25.7 Å². The highest BCUT2D eigenvalue weighted by Gasteiger charge is 2.45. The van der Waals surface area contributed by atoms with E-state index in [2.05, 4.69) is 19.0 Å². The van der Waals surface area contributed by atoms with Gasteiger partial charge in [-0.15, -0.1) is 0 Å². The summed E-state index contributed by atoms with van der Waals surface area (Å²) in [5, 5.41) is 3.34. The lowest BCUT2D eigenvalue weighted by atomic mass is 9.74. The van der Waals surface area contributed by atoms with Gasteiger partial charge in [0.25, 0.3) is 0 Å². The largest absolute Gasteiger partial charge is 0.150 e. The van der Waals surface area contributed by atoms with Crippen molar-refractivity contribution in [1.29, 1.82) is 0 Å². The first kappa shape index (κ1) is 9.17. The van der Waals surface area contributed by atoms with Crippen molar-refractivity contribution in [2.75, 3.05) is 0 Å². The van der Waals surface area contributed by atoms with E-state index in [0.717, 1.165) is 11.8 Å². The summed E-state index contributed by atoms with van der Waals surface area (Å²) < 4.78 is 0. The molecule has 0 spiro atoms. The lowest BCUT2D eigenvalue weighted by Gasteiger charge is -2.32. The Morgan fingerprint density at radius 3 is 2.54 bits per heavy atom. The van der Waals surface area contributed by atoms with E-state index in [4.69, 9.17) is 0 Å². The molecule has 5 atom stereocenters. The average Bonchev–Trinajstić information content (AvgIpc) is 2.43. The van der Waals surface area contributed by atoms with E-state index in [1.807, 2.05) is 0 Å². The number of nitroso groups, excluding NO2 is 1. The molecule has 0 heterocycles. The second-order valence-corrected chi connectivity index (χ2v) is 5.04. The third kappa shape index (κ3) is 1.40. The van der Waals surface area contributed by atoms with Crippen LogP contribution in [0, 0.1) is 28.6 Å². The quantitative estimate of drug-likeness (QED) is 0.571. The van der Waals surface area contributed by atoms with E-state index >= 15 is 0 Å². The number of hydrogen-bond acceptors (Lipinski definition) is 2. The van der Waals surface area contributed by atoms with Gasteiger partial charge in [-0.1, -0.05) is 31.9 Å². The van der Waals surface area contributed by atoms with Crippen LogP contribution in [0.15, 0.2) is 5.18 Å². The van der Waals surface area contributed by atoms with Crippen LogP contribution in [0.5, 0.6) is 0 Å². The zero-order valence-corrected chi connectivity index (χ0v) is 8.57. The Morgan fingerprint density at radius 1 is 1.08 bits per heavy atom. The summed E-state index contributed by atoms with van der Waals surface area (Å²) in [5.41, 5.74) is 0. The summed E-state index contributed by atoms with van der Waals surface area (Å²) in [7, 11) is 0. The molecule has 2 aliphatic carbocycles. The third-order valence-corrected chi connectivity index (χ3v) is 4.27. The molecular formula is C11H19NO. The topological polar surface area (TPSA) is 29.4 Å². The highest BCUT2D eigenvalue weighted by Crippen LogP contribution is 2.48. The Labute approximate surface area is 80.1 Å². The predicted molar refractivity (Wildman–Crippen MR) is 53.4 cm³/mol. The van der Waals surface area contributed by atoms with Crippen LogP contribution in [0.3, 0.4) is 0 Å². The molecule has 0 N–H and O–H groups in total. The van der Waals surface area contributed by atoms with E-state index in [-0.39, 0.29) is 6.04 Å². The molecule has 0 radical (unpaired) electrons. The van der Waals surface area contributed by atoms with Crippen LogP contribution < -0.4 is 0 Å². The molecule has 0 aliphatic heterocycles. The highest BCUT2D eigenvalue weighted by molar-refractivity contribution is 4.97. The molecule has 0 aromatic heterocycles. The molecule has 2 nitrogen and oxygen atoms in total. The standard InChI is InChI=1S/C11H19NO/c1-7-4-3-5-9-10(7)6-8(2)11(9)12-13/h7-11H,3-6H2,1-2H3/t7-,8?,9?,10?,11?/m0/s1. The Bertz CT molecular complexity index is 204. The maximum atomic E-state index is 10.7. The molecule has 2 saturated carbocycles. The normalized spacial score (nSPS) is 50.2. The molecule has 2 fully saturated rings. The number of rotatable bonds is 1. The van der Waals surface area contributed by atoms with Crippen molar-refractivity contribution in [2.45, 2.75) is 45.6 Å². The maximum Gasteiger partial charge on any atom is 0.0976 e. The van der Waals surface area contributed by atoms with Gasteiger partial charge in [0, 0.05) is 0 Å². The van der Waals surface area contributed by atoms with Crippen LogP contribution in [0.4, 0.5) is 0 Å². The van der Waals surface area contributed by atoms with Gasteiger partial charge in [-0.3, -0.25) is 0 Å². The van der Waals surface area contributed by atoms with Gasteiger partial charge in [0.15, 0.2) is 0 Å². The fourth-order valence-corrected chi connectivity index (χ4v) is 3.53. The van der Waals surface area contributed by atoms with Gasteiger partial charge < -0.3 is 0 Å². The van der Waals surface area contributed by atoms with Crippen LogP contribution in [0.1, 0.15) is 39.5 Å². The van der Waals surface area contributed by atoms with Crippen molar-refractivity contribution in [3.8, 4) is 0 Å². The molecule has 2 rings (SSSR count). The molecule has 13 heavy (non-hydrogen) atoms. The predicted octanol–water partition coefficient (Wildman–Crippen LogP) is 3.21. The first-order chi connectivity index (χ1) is 6.24. The second kappa shape index (κ2) is 3.39. The molecule has 0 amide bonds. The number of fused-ring (bicyclic) bond motifs is 1. The summed E-state index contributed by atoms with van der Waals surface area (Å²) in [6, 6.07) is 0.132. The molecule has 0 saturated heterocycles. The van der Waals surface area contributed by atoms with E-state index in [9.17, 15) is 4.91 Å². The highest BCUT2D eigenvalue weighted by atomic mass is 16.3. The van der Waals surface area contributed by atoms with Gasteiger partial charge in [-0.25, -0.2) is 0 Å². The fraction of sp³-hybridized carbons (Fsp3) is 1.00. The van der Waals surface area contributed by atoms with Crippen LogP contribution in [-0.2, 0) is 0 Å². The minimum Gasteiger partial charge on any atom is -0.150 e. The monoisotopic (exact) mass is 181 g/mol. The van der Waals surface area contributed by atoms with Gasteiger partial charge in [-0.2, -0.15) is 4.91 Å². The Morgan fingerprint density at radius 2 is 1.85 bits per heavy atom. The maximum absolute atomic E-state index is 10.7. The molecule has 74 valence electrons. The Hall–Kier alpha value is -0.400. The molecule has 2 aliphatic rings. The zero-order chi connectivity index (χ0) is 9.42. The summed E-state index contributed by atoms with van der Waals surface area (Å²) in [5.74, 6) is 2.78. The van der Waals surface area contributed by atoms with Gasteiger partial charge in [0.2, 0.25) is 0 Å². The van der Waals surface area contributed by atoms with Gasteiger partial charge in [0.05, 0.1) is 6.04 Å². The number of hydrogen-bond donors (Lipinski definition) is 0. The fourth-order valence-electron chi connectivity index (χ4n) is 3.53. The van der Waals surface area contributed by atoms with Crippen molar-refractivity contribution < 1.29 is 0 Å². The minimum absolute atomic E-state index is 0.132. The summed E-state index contributed by atoms with van der Waals surface area (Å²) in [6.45, 7) is 4.54. The van der Waals surface area contributed by atoms with Crippen molar-refractivity contribution >= 4 is 0 Å². The van der Waals surface area contributed by atoms with E-state index in [0.29, 0.717) is 11.8 Å². The lowest BCUT2D eigenvalue weighted by molar-refractivity contribution is 0.187. The van der Waals surface area contributed by atoms with Crippen LogP contribution in [0.25, 0.3) is 0 Å². The van der Waals surface area contributed by atoms with Crippen molar-refractivity contribution in [3.63, 3.8) is 0 Å². The smallest absolute Gasteiger partial charge is 0.0976 e. The molecule has 0 aromatic rings. The zero-order valence-electron chi connectivity index (χ0n) is 8.57. The average molecular weight is 181 g/mol.